The van der Waals surface area contributed by atoms with Gasteiger partial charge in [0.25, 0.3) is 0 Å². The standard InChI is InChI=1S/C14H18N2O/c1-9(2)12-13(15-16(4)14(12)17)11-8-6-5-7-10(11)3/h5-9,17H,1-4H3. The SMILES string of the molecule is Cc1ccccc1-c1nn(C)c(O)c1C(C)C. The average Bonchev–Trinajstić information content (AvgIpc) is 2.56. The molecule has 0 bridgehead atoms. The van der Waals surface area contributed by atoms with Crippen LogP contribution in [0.25, 0.3) is 11.3 Å². The van der Waals surface area contributed by atoms with Crippen molar-refractivity contribution in [1.82, 2.24) is 9.78 Å². The molecular formula is C14H18N2O. The van der Waals surface area contributed by atoms with Crippen LogP contribution in [0, 0.1) is 6.92 Å². The van der Waals surface area contributed by atoms with Gasteiger partial charge in [0, 0.05) is 18.2 Å². The van der Waals surface area contributed by atoms with E-state index in [1.54, 1.807) is 7.05 Å². The third kappa shape index (κ3) is 1.93. The fourth-order valence-corrected chi connectivity index (χ4v) is 2.10. The smallest absolute Gasteiger partial charge is 0.213 e. The Balaban J connectivity index is 2.68. The van der Waals surface area contributed by atoms with Gasteiger partial charge in [0.2, 0.25) is 5.88 Å². The fraction of sp³-hybridized carbons (Fsp3) is 0.357. The van der Waals surface area contributed by atoms with Crippen molar-refractivity contribution in [2.45, 2.75) is 26.7 Å². The van der Waals surface area contributed by atoms with Crippen LogP contribution < -0.4 is 0 Å². The van der Waals surface area contributed by atoms with E-state index in [-0.39, 0.29) is 11.8 Å². The second kappa shape index (κ2) is 4.24. The lowest BCUT2D eigenvalue weighted by molar-refractivity contribution is 0.412. The van der Waals surface area contributed by atoms with Gasteiger partial charge in [-0.3, -0.25) is 0 Å². The molecule has 0 atom stereocenters. The Labute approximate surface area is 102 Å². The van der Waals surface area contributed by atoms with Gasteiger partial charge < -0.3 is 5.11 Å². The first-order chi connectivity index (χ1) is 8.02. The second-order valence-electron chi connectivity index (χ2n) is 4.68. The average molecular weight is 230 g/mol. The van der Waals surface area contributed by atoms with Crippen LogP contribution in [-0.4, -0.2) is 14.9 Å². The molecule has 90 valence electrons. The molecule has 3 heteroatoms. The van der Waals surface area contributed by atoms with E-state index >= 15 is 0 Å². The Bertz CT molecular complexity index is 541. The Morgan fingerprint density at radius 1 is 1.24 bits per heavy atom. The number of hydrogen-bond donors (Lipinski definition) is 1. The summed E-state index contributed by atoms with van der Waals surface area (Å²) in [7, 11) is 1.77. The van der Waals surface area contributed by atoms with Gasteiger partial charge in [-0.2, -0.15) is 5.10 Å². The summed E-state index contributed by atoms with van der Waals surface area (Å²) in [5.74, 6) is 0.511. The number of hydrogen-bond acceptors (Lipinski definition) is 2. The lowest BCUT2D eigenvalue weighted by Gasteiger charge is -2.08. The van der Waals surface area contributed by atoms with Gasteiger partial charge in [0.15, 0.2) is 0 Å². The van der Waals surface area contributed by atoms with Gasteiger partial charge in [-0.25, -0.2) is 4.68 Å². The molecule has 1 heterocycles. The van der Waals surface area contributed by atoms with Crippen LogP contribution in [0.4, 0.5) is 0 Å². The first kappa shape index (κ1) is 11.7. The van der Waals surface area contributed by atoms with Gasteiger partial charge in [0.1, 0.15) is 0 Å². The molecule has 2 aromatic rings. The van der Waals surface area contributed by atoms with Gasteiger partial charge in [-0.05, 0) is 18.4 Å². The zero-order valence-corrected chi connectivity index (χ0v) is 10.7. The summed E-state index contributed by atoms with van der Waals surface area (Å²) in [6.45, 7) is 6.20. The highest BCUT2D eigenvalue weighted by atomic mass is 16.3. The Kier molecular flexibility index (Phi) is 2.92. The van der Waals surface area contributed by atoms with Crippen LogP contribution in [0.2, 0.25) is 0 Å². The quantitative estimate of drug-likeness (QED) is 0.860. The minimum absolute atomic E-state index is 0.248. The van der Waals surface area contributed by atoms with Crippen molar-refractivity contribution in [3.63, 3.8) is 0 Å². The molecule has 1 aromatic carbocycles. The highest BCUT2D eigenvalue weighted by molar-refractivity contribution is 5.69. The van der Waals surface area contributed by atoms with Gasteiger partial charge in [-0.15, -0.1) is 0 Å². The third-order valence-electron chi connectivity index (χ3n) is 3.03. The lowest BCUT2D eigenvalue weighted by atomic mass is 9.96. The van der Waals surface area contributed by atoms with Crippen LogP contribution >= 0.6 is 0 Å². The van der Waals surface area contributed by atoms with E-state index in [2.05, 4.69) is 31.9 Å². The van der Waals surface area contributed by atoms with E-state index in [1.165, 1.54) is 10.2 Å². The molecule has 0 unspecified atom stereocenters. The largest absolute Gasteiger partial charge is 0.493 e. The van der Waals surface area contributed by atoms with E-state index in [4.69, 9.17) is 0 Å². The molecule has 0 aliphatic rings. The van der Waals surface area contributed by atoms with Crippen molar-refractivity contribution in [3.05, 3.63) is 35.4 Å². The van der Waals surface area contributed by atoms with E-state index in [0.717, 1.165) is 16.8 Å². The summed E-state index contributed by atoms with van der Waals surface area (Å²) in [6, 6.07) is 8.11. The summed E-state index contributed by atoms with van der Waals surface area (Å²) in [5.41, 5.74) is 4.07. The molecule has 1 aromatic heterocycles. The second-order valence-corrected chi connectivity index (χ2v) is 4.68. The van der Waals surface area contributed by atoms with Crippen molar-refractivity contribution in [3.8, 4) is 17.1 Å². The van der Waals surface area contributed by atoms with Crippen molar-refractivity contribution >= 4 is 0 Å². The predicted octanol–water partition coefficient (Wildman–Crippen LogP) is 3.22. The maximum atomic E-state index is 10.0. The predicted molar refractivity (Wildman–Crippen MR) is 69.1 cm³/mol. The lowest BCUT2D eigenvalue weighted by Crippen LogP contribution is -1.91. The first-order valence-electron chi connectivity index (χ1n) is 5.84. The normalized spacial score (nSPS) is 11.1. The molecular weight excluding hydrogens is 212 g/mol. The van der Waals surface area contributed by atoms with E-state index in [9.17, 15) is 5.11 Å². The maximum Gasteiger partial charge on any atom is 0.213 e. The molecule has 0 fully saturated rings. The molecule has 0 amide bonds. The molecule has 0 aliphatic carbocycles. The van der Waals surface area contributed by atoms with Crippen LogP contribution in [0.15, 0.2) is 24.3 Å². The Morgan fingerprint density at radius 2 is 1.88 bits per heavy atom. The molecule has 1 N–H and O–H groups in total. The maximum absolute atomic E-state index is 10.0. The summed E-state index contributed by atoms with van der Waals surface area (Å²) in [6.07, 6.45) is 0. The number of rotatable bonds is 2. The highest BCUT2D eigenvalue weighted by Gasteiger charge is 2.20. The van der Waals surface area contributed by atoms with Crippen LogP contribution in [0.3, 0.4) is 0 Å². The van der Waals surface area contributed by atoms with Gasteiger partial charge >= 0.3 is 0 Å². The number of aromatic nitrogens is 2. The summed E-state index contributed by atoms with van der Waals surface area (Å²) >= 11 is 0. The molecule has 0 saturated carbocycles. The van der Waals surface area contributed by atoms with Crippen molar-refractivity contribution < 1.29 is 5.11 Å². The van der Waals surface area contributed by atoms with Crippen molar-refractivity contribution in [2.75, 3.05) is 0 Å². The minimum atomic E-state index is 0.248. The van der Waals surface area contributed by atoms with Crippen LogP contribution in [0.5, 0.6) is 5.88 Å². The number of aryl methyl sites for hydroxylation is 2. The topological polar surface area (TPSA) is 38.0 Å². The van der Waals surface area contributed by atoms with Crippen molar-refractivity contribution in [1.29, 1.82) is 0 Å². The van der Waals surface area contributed by atoms with Crippen LogP contribution in [0.1, 0.15) is 30.9 Å². The minimum Gasteiger partial charge on any atom is -0.493 e. The summed E-state index contributed by atoms with van der Waals surface area (Å²) in [4.78, 5) is 0. The van der Waals surface area contributed by atoms with E-state index < -0.39 is 0 Å². The van der Waals surface area contributed by atoms with Crippen molar-refractivity contribution in [2.24, 2.45) is 7.05 Å². The molecule has 2 rings (SSSR count). The summed E-state index contributed by atoms with van der Waals surface area (Å²) < 4.78 is 1.54. The van der Waals surface area contributed by atoms with E-state index in [0.29, 0.717) is 0 Å². The summed E-state index contributed by atoms with van der Waals surface area (Å²) in [5, 5.41) is 14.5. The zero-order chi connectivity index (χ0) is 12.6. The molecule has 17 heavy (non-hydrogen) atoms. The molecule has 0 saturated heterocycles. The van der Waals surface area contributed by atoms with E-state index in [1.807, 2.05) is 18.2 Å². The highest BCUT2D eigenvalue weighted by Crippen LogP contribution is 2.35. The molecule has 0 radical (unpaired) electrons. The Hall–Kier alpha value is -1.77. The molecule has 0 aliphatic heterocycles. The molecule has 0 spiro atoms. The van der Waals surface area contributed by atoms with Crippen LogP contribution in [-0.2, 0) is 7.05 Å². The fourth-order valence-electron chi connectivity index (χ4n) is 2.10. The number of benzene rings is 1. The molecule has 3 nitrogen and oxygen atoms in total. The Morgan fingerprint density at radius 3 is 2.47 bits per heavy atom. The zero-order valence-electron chi connectivity index (χ0n) is 10.7. The van der Waals surface area contributed by atoms with Gasteiger partial charge in [0.05, 0.1) is 5.69 Å². The monoisotopic (exact) mass is 230 g/mol. The third-order valence-corrected chi connectivity index (χ3v) is 3.03. The van der Waals surface area contributed by atoms with Gasteiger partial charge in [-0.1, -0.05) is 38.1 Å². The number of aromatic hydroxyl groups is 1. The first-order valence-corrected chi connectivity index (χ1v) is 5.84. The number of nitrogens with zero attached hydrogens (tertiary/aromatic N) is 2.